The second-order valence-corrected chi connectivity index (χ2v) is 8.70. The van der Waals surface area contributed by atoms with Gasteiger partial charge in [-0.05, 0) is 50.3 Å². The SMILES string of the molecule is CN1CCCN(c2ccc3cc(-c4nc5c(Cl)cccc5s4)c(=O)oc3n2)CC1. The highest BCUT2D eigenvalue weighted by Crippen LogP contribution is 2.33. The van der Waals surface area contributed by atoms with Crippen molar-refractivity contribution in [3.05, 3.63) is 51.8 Å². The van der Waals surface area contributed by atoms with Gasteiger partial charge in [-0.1, -0.05) is 17.7 Å². The number of benzene rings is 1. The highest BCUT2D eigenvalue weighted by molar-refractivity contribution is 7.21. The number of nitrogens with zero attached hydrogens (tertiary/aromatic N) is 4. The maximum atomic E-state index is 12.7. The van der Waals surface area contributed by atoms with Gasteiger partial charge < -0.3 is 14.2 Å². The second kappa shape index (κ2) is 7.40. The Bertz CT molecular complexity index is 1270. The minimum absolute atomic E-state index is 0.355. The van der Waals surface area contributed by atoms with Crippen molar-refractivity contribution in [1.82, 2.24) is 14.9 Å². The van der Waals surface area contributed by atoms with Crippen LogP contribution in [0.1, 0.15) is 6.42 Å². The summed E-state index contributed by atoms with van der Waals surface area (Å²) in [5.74, 6) is 0.843. The Balaban J connectivity index is 1.54. The van der Waals surface area contributed by atoms with Gasteiger partial charge in [-0.3, -0.25) is 0 Å². The fraction of sp³-hybridized carbons (Fsp3) is 0.286. The summed E-state index contributed by atoms with van der Waals surface area (Å²) in [6.07, 6.45) is 1.08. The molecule has 29 heavy (non-hydrogen) atoms. The normalized spacial score (nSPS) is 15.9. The molecule has 1 fully saturated rings. The number of pyridine rings is 1. The number of likely N-dealkylation sites (N-methyl/N-ethyl adjacent to an activating group) is 1. The molecule has 0 radical (unpaired) electrons. The van der Waals surface area contributed by atoms with Crippen molar-refractivity contribution in [2.45, 2.75) is 6.42 Å². The van der Waals surface area contributed by atoms with E-state index in [1.165, 1.54) is 11.3 Å². The number of anilines is 1. The number of hydrogen-bond acceptors (Lipinski definition) is 7. The molecule has 1 aliphatic heterocycles. The first kappa shape index (κ1) is 18.5. The van der Waals surface area contributed by atoms with E-state index in [0.717, 1.165) is 48.5 Å². The number of halogens is 1. The first-order valence-corrected chi connectivity index (χ1v) is 10.7. The lowest BCUT2D eigenvalue weighted by Crippen LogP contribution is -2.29. The van der Waals surface area contributed by atoms with Crippen LogP contribution in [0.2, 0.25) is 5.02 Å². The van der Waals surface area contributed by atoms with E-state index in [4.69, 9.17) is 16.0 Å². The first-order chi connectivity index (χ1) is 14.1. The third-order valence-electron chi connectivity index (χ3n) is 5.23. The molecule has 0 bridgehead atoms. The Kier molecular flexibility index (Phi) is 4.73. The molecular formula is C21H19ClN4O2S. The van der Waals surface area contributed by atoms with Crippen molar-refractivity contribution in [3.63, 3.8) is 0 Å². The molecule has 3 aromatic heterocycles. The number of thiazole rings is 1. The molecule has 148 valence electrons. The lowest BCUT2D eigenvalue weighted by molar-refractivity contribution is 0.360. The van der Waals surface area contributed by atoms with E-state index in [9.17, 15) is 4.79 Å². The van der Waals surface area contributed by atoms with E-state index in [-0.39, 0.29) is 0 Å². The van der Waals surface area contributed by atoms with Crippen molar-refractivity contribution in [2.75, 3.05) is 38.1 Å². The minimum Gasteiger partial charge on any atom is -0.403 e. The Morgan fingerprint density at radius 2 is 2.00 bits per heavy atom. The van der Waals surface area contributed by atoms with Gasteiger partial charge in [-0.15, -0.1) is 11.3 Å². The van der Waals surface area contributed by atoms with Crippen LogP contribution in [0.3, 0.4) is 0 Å². The fourth-order valence-corrected chi connectivity index (χ4v) is 4.89. The van der Waals surface area contributed by atoms with Gasteiger partial charge in [-0.25, -0.2) is 9.78 Å². The van der Waals surface area contributed by atoms with Crippen LogP contribution in [0.5, 0.6) is 0 Å². The Morgan fingerprint density at radius 3 is 2.86 bits per heavy atom. The number of hydrogen-bond donors (Lipinski definition) is 0. The quantitative estimate of drug-likeness (QED) is 0.477. The molecule has 1 aliphatic rings. The smallest absolute Gasteiger partial charge is 0.347 e. The van der Waals surface area contributed by atoms with E-state index in [1.807, 2.05) is 24.3 Å². The molecule has 4 aromatic rings. The zero-order valence-electron chi connectivity index (χ0n) is 15.9. The predicted molar refractivity (Wildman–Crippen MR) is 118 cm³/mol. The summed E-state index contributed by atoms with van der Waals surface area (Å²) in [5, 5.41) is 1.95. The Labute approximate surface area is 176 Å². The maximum Gasteiger partial charge on any atom is 0.347 e. The van der Waals surface area contributed by atoms with Crippen LogP contribution in [0, 0.1) is 0 Å². The van der Waals surface area contributed by atoms with Crippen LogP contribution in [0.4, 0.5) is 5.82 Å². The molecule has 8 heteroatoms. The minimum atomic E-state index is -0.437. The summed E-state index contributed by atoms with van der Waals surface area (Å²) in [7, 11) is 2.13. The van der Waals surface area contributed by atoms with Gasteiger partial charge in [0.1, 0.15) is 16.3 Å². The van der Waals surface area contributed by atoms with Crippen LogP contribution in [0.15, 0.2) is 45.6 Å². The third kappa shape index (κ3) is 3.50. The lowest BCUT2D eigenvalue weighted by atomic mass is 10.2. The second-order valence-electron chi connectivity index (χ2n) is 7.26. The molecule has 0 spiro atoms. The highest BCUT2D eigenvalue weighted by atomic mass is 35.5. The molecule has 5 rings (SSSR count). The van der Waals surface area contributed by atoms with E-state index >= 15 is 0 Å². The summed E-state index contributed by atoms with van der Waals surface area (Å²) in [6.45, 7) is 3.92. The van der Waals surface area contributed by atoms with E-state index in [2.05, 4.69) is 26.8 Å². The van der Waals surface area contributed by atoms with Gasteiger partial charge in [0.25, 0.3) is 0 Å². The molecule has 0 unspecified atom stereocenters. The summed E-state index contributed by atoms with van der Waals surface area (Å²) in [4.78, 5) is 26.4. The molecule has 0 saturated carbocycles. The van der Waals surface area contributed by atoms with Crippen molar-refractivity contribution in [3.8, 4) is 10.6 Å². The van der Waals surface area contributed by atoms with Gasteiger partial charge in [0.05, 0.1) is 15.3 Å². The molecule has 0 atom stereocenters. The zero-order valence-corrected chi connectivity index (χ0v) is 17.5. The van der Waals surface area contributed by atoms with E-state index in [0.29, 0.717) is 26.8 Å². The standard InChI is InChI=1S/C21H19ClN4O2S/c1-25-8-3-9-26(11-10-25)17-7-6-13-12-14(21(27)28-19(13)23-17)20-24-18-15(22)4-2-5-16(18)29-20/h2,4-7,12H,3,8-11H2,1H3. The molecule has 0 amide bonds. The topological polar surface area (TPSA) is 62.5 Å². The zero-order chi connectivity index (χ0) is 20.0. The summed E-state index contributed by atoms with van der Waals surface area (Å²) < 4.78 is 6.52. The Morgan fingerprint density at radius 1 is 1.10 bits per heavy atom. The van der Waals surface area contributed by atoms with Crippen LogP contribution in [-0.2, 0) is 0 Å². The van der Waals surface area contributed by atoms with Gasteiger partial charge >= 0.3 is 5.63 Å². The number of rotatable bonds is 2. The molecule has 0 aliphatic carbocycles. The highest BCUT2D eigenvalue weighted by Gasteiger charge is 2.17. The third-order valence-corrected chi connectivity index (χ3v) is 6.59. The molecule has 6 nitrogen and oxygen atoms in total. The number of aromatic nitrogens is 2. The molecule has 4 heterocycles. The van der Waals surface area contributed by atoms with Crippen molar-refractivity contribution in [1.29, 1.82) is 0 Å². The van der Waals surface area contributed by atoms with Crippen molar-refractivity contribution >= 4 is 50.1 Å². The van der Waals surface area contributed by atoms with Crippen LogP contribution >= 0.6 is 22.9 Å². The van der Waals surface area contributed by atoms with Crippen LogP contribution < -0.4 is 10.5 Å². The molecule has 0 N–H and O–H groups in total. The predicted octanol–water partition coefficient (Wildman–Crippen LogP) is 4.26. The first-order valence-electron chi connectivity index (χ1n) is 9.52. The van der Waals surface area contributed by atoms with E-state index in [1.54, 1.807) is 12.1 Å². The average molecular weight is 427 g/mol. The van der Waals surface area contributed by atoms with Gasteiger partial charge in [0.2, 0.25) is 5.71 Å². The van der Waals surface area contributed by atoms with Crippen LogP contribution in [-0.4, -0.2) is 48.1 Å². The van der Waals surface area contributed by atoms with Gasteiger partial charge in [-0.2, -0.15) is 4.98 Å². The monoisotopic (exact) mass is 426 g/mol. The molecule has 1 saturated heterocycles. The average Bonchev–Trinajstić information content (AvgIpc) is 3.03. The largest absolute Gasteiger partial charge is 0.403 e. The summed E-state index contributed by atoms with van der Waals surface area (Å²) >= 11 is 7.66. The molecule has 1 aromatic carbocycles. The van der Waals surface area contributed by atoms with Crippen molar-refractivity contribution in [2.24, 2.45) is 0 Å². The summed E-state index contributed by atoms with van der Waals surface area (Å²) in [6, 6.07) is 11.4. The number of para-hydroxylation sites is 1. The maximum absolute atomic E-state index is 12.7. The lowest BCUT2D eigenvalue weighted by Gasteiger charge is -2.21. The molecular weight excluding hydrogens is 408 g/mol. The Hall–Kier alpha value is -2.48. The van der Waals surface area contributed by atoms with Gasteiger partial charge in [0.15, 0.2) is 0 Å². The fourth-order valence-electron chi connectivity index (χ4n) is 3.62. The van der Waals surface area contributed by atoms with Crippen molar-refractivity contribution < 1.29 is 4.42 Å². The van der Waals surface area contributed by atoms with Crippen LogP contribution in [0.25, 0.3) is 31.9 Å². The summed E-state index contributed by atoms with van der Waals surface area (Å²) in [5.41, 5.74) is 1.05. The van der Waals surface area contributed by atoms with E-state index < -0.39 is 5.63 Å². The van der Waals surface area contributed by atoms with Gasteiger partial charge in [0, 0.05) is 25.0 Å². The number of fused-ring (bicyclic) bond motifs is 2.